The summed E-state index contributed by atoms with van der Waals surface area (Å²) in [7, 11) is 0. The Hall–Kier alpha value is -2.22. The predicted octanol–water partition coefficient (Wildman–Crippen LogP) is 2.58. The highest BCUT2D eigenvalue weighted by Gasteiger charge is 2.22. The molecule has 20 heavy (non-hydrogen) atoms. The topological polar surface area (TPSA) is 71.4 Å². The van der Waals surface area contributed by atoms with Gasteiger partial charge in [-0.15, -0.1) is 0 Å². The molecule has 1 unspecified atom stereocenters. The van der Waals surface area contributed by atoms with E-state index in [9.17, 15) is 4.79 Å². The number of hydrogen-bond donors (Lipinski definition) is 1. The predicted molar refractivity (Wildman–Crippen MR) is 74.6 cm³/mol. The van der Waals surface area contributed by atoms with Crippen LogP contribution in [-0.4, -0.2) is 19.1 Å². The van der Waals surface area contributed by atoms with Gasteiger partial charge in [-0.1, -0.05) is 13.8 Å². The number of amides is 1. The Kier molecular flexibility index (Phi) is 4.46. The molecule has 1 aliphatic rings. The molecule has 1 aromatic carbocycles. The summed E-state index contributed by atoms with van der Waals surface area (Å²) in [5, 5.41) is 11.8. The van der Waals surface area contributed by atoms with Crippen LogP contribution in [0.2, 0.25) is 0 Å². The second-order valence-electron chi connectivity index (χ2n) is 5.05. The van der Waals surface area contributed by atoms with E-state index in [0.717, 1.165) is 6.42 Å². The number of nitrogens with zero attached hydrogens (tertiary/aromatic N) is 1. The summed E-state index contributed by atoms with van der Waals surface area (Å²) in [5.74, 6) is 0.322. The number of hydrogen-bond acceptors (Lipinski definition) is 4. The maximum Gasteiger partial charge on any atom is 0.241 e. The molecular formula is C15H18N2O3. The third-order valence-electron chi connectivity index (χ3n) is 3.10. The number of carbonyl (C=O) groups is 1. The fourth-order valence-electron chi connectivity index (χ4n) is 1.97. The van der Waals surface area contributed by atoms with Gasteiger partial charge in [0.1, 0.15) is 5.92 Å². The molecule has 0 fully saturated rings. The molecule has 0 radical (unpaired) electrons. The van der Waals surface area contributed by atoms with Crippen LogP contribution in [-0.2, 0) is 4.79 Å². The lowest BCUT2D eigenvalue weighted by molar-refractivity contribution is -0.119. The van der Waals surface area contributed by atoms with Crippen LogP contribution in [0.15, 0.2) is 18.2 Å². The van der Waals surface area contributed by atoms with Crippen LogP contribution in [0.1, 0.15) is 20.3 Å². The lowest BCUT2D eigenvalue weighted by Gasteiger charge is -2.14. The summed E-state index contributed by atoms with van der Waals surface area (Å²) in [4.78, 5) is 12.0. The van der Waals surface area contributed by atoms with Gasteiger partial charge in [-0.05, 0) is 18.1 Å². The molecule has 2 rings (SSSR count). The van der Waals surface area contributed by atoms with Crippen molar-refractivity contribution in [1.29, 1.82) is 5.26 Å². The van der Waals surface area contributed by atoms with E-state index >= 15 is 0 Å². The average molecular weight is 274 g/mol. The Bertz CT molecular complexity index is 534. The molecule has 1 aliphatic heterocycles. The van der Waals surface area contributed by atoms with Crippen LogP contribution >= 0.6 is 0 Å². The van der Waals surface area contributed by atoms with E-state index in [2.05, 4.69) is 5.32 Å². The van der Waals surface area contributed by atoms with Crippen LogP contribution in [0.4, 0.5) is 5.69 Å². The van der Waals surface area contributed by atoms with Crippen molar-refractivity contribution in [3.05, 3.63) is 18.2 Å². The first-order chi connectivity index (χ1) is 9.61. The van der Waals surface area contributed by atoms with Gasteiger partial charge in [0.05, 0.1) is 19.3 Å². The van der Waals surface area contributed by atoms with Crippen molar-refractivity contribution in [3.8, 4) is 17.6 Å². The first-order valence-electron chi connectivity index (χ1n) is 6.72. The lowest BCUT2D eigenvalue weighted by Crippen LogP contribution is -2.25. The van der Waals surface area contributed by atoms with Gasteiger partial charge in [0.15, 0.2) is 11.5 Å². The van der Waals surface area contributed by atoms with Crippen LogP contribution < -0.4 is 14.8 Å². The number of nitrogens with one attached hydrogen (secondary N) is 1. The largest absolute Gasteiger partial charge is 0.490 e. The molecule has 106 valence electrons. The molecule has 5 heteroatoms. The zero-order valence-electron chi connectivity index (χ0n) is 11.7. The molecule has 0 bridgehead atoms. The van der Waals surface area contributed by atoms with Gasteiger partial charge < -0.3 is 14.8 Å². The highest BCUT2D eigenvalue weighted by Crippen LogP contribution is 2.32. The third kappa shape index (κ3) is 3.21. The van der Waals surface area contributed by atoms with E-state index in [0.29, 0.717) is 30.4 Å². The number of anilines is 1. The summed E-state index contributed by atoms with van der Waals surface area (Å²) >= 11 is 0. The highest BCUT2D eigenvalue weighted by molar-refractivity contribution is 5.94. The van der Waals surface area contributed by atoms with Crippen molar-refractivity contribution >= 4 is 11.6 Å². The summed E-state index contributed by atoms with van der Waals surface area (Å²) in [6.45, 7) is 4.92. The summed E-state index contributed by atoms with van der Waals surface area (Å²) in [6, 6.07) is 7.28. The SMILES string of the molecule is CC(C)C(C#N)C(=O)Nc1ccc2c(c1)OCCCO2. The Labute approximate surface area is 118 Å². The number of benzene rings is 1. The minimum atomic E-state index is -0.661. The fourth-order valence-corrected chi connectivity index (χ4v) is 1.97. The van der Waals surface area contributed by atoms with Crippen molar-refractivity contribution in [2.75, 3.05) is 18.5 Å². The van der Waals surface area contributed by atoms with E-state index in [1.54, 1.807) is 18.2 Å². The van der Waals surface area contributed by atoms with Gasteiger partial charge in [-0.25, -0.2) is 0 Å². The second-order valence-corrected chi connectivity index (χ2v) is 5.05. The van der Waals surface area contributed by atoms with E-state index in [-0.39, 0.29) is 11.8 Å². The molecule has 1 amide bonds. The Morgan fingerprint density at radius 2 is 2.00 bits per heavy atom. The lowest BCUT2D eigenvalue weighted by atomic mass is 9.96. The number of ether oxygens (including phenoxy) is 2. The molecule has 1 aromatic rings. The maximum absolute atomic E-state index is 12.0. The Morgan fingerprint density at radius 1 is 1.30 bits per heavy atom. The molecule has 0 saturated carbocycles. The third-order valence-corrected chi connectivity index (χ3v) is 3.10. The van der Waals surface area contributed by atoms with Crippen molar-refractivity contribution < 1.29 is 14.3 Å². The molecule has 0 aromatic heterocycles. The molecule has 0 saturated heterocycles. The van der Waals surface area contributed by atoms with Gasteiger partial charge >= 0.3 is 0 Å². The molecule has 1 N–H and O–H groups in total. The quantitative estimate of drug-likeness (QED) is 0.919. The van der Waals surface area contributed by atoms with Crippen LogP contribution in [0, 0.1) is 23.2 Å². The maximum atomic E-state index is 12.0. The van der Waals surface area contributed by atoms with Crippen molar-refractivity contribution in [2.24, 2.45) is 11.8 Å². The van der Waals surface area contributed by atoms with Gasteiger partial charge in [-0.2, -0.15) is 5.26 Å². The van der Waals surface area contributed by atoms with Crippen molar-refractivity contribution in [3.63, 3.8) is 0 Å². The summed E-state index contributed by atoms with van der Waals surface area (Å²) in [5.41, 5.74) is 0.611. The van der Waals surface area contributed by atoms with E-state index in [4.69, 9.17) is 14.7 Å². The molecule has 1 atom stereocenters. The van der Waals surface area contributed by atoms with Gasteiger partial charge in [-0.3, -0.25) is 4.79 Å². The van der Waals surface area contributed by atoms with Crippen LogP contribution in [0.5, 0.6) is 11.5 Å². The fraction of sp³-hybridized carbons (Fsp3) is 0.467. The Morgan fingerprint density at radius 3 is 2.65 bits per heavy atom. The minimum Gasteiger partial charge on any atom is -0.490 e. The van der Waals surface area contributed by atoms with Crippen LogP contribution in [0.25, 0.3) is 0 Å². The van der Waals surface area contributed by atoms with E-state index in [1.807, 2.05) is 19.9 Å². The first kappa shape index (κ1) is 14.2. The second kappa shape index (κ2) is 6.29. The number of rotatable bonds is 3. The van der Waals surface area contributed by atoms with Crippen molar-refractivity contribution in [2.45, 2.75) is 20.3 Å². The van der Waals surface area contributed by atoms with E-state index < -0.39 is 5.92 Å². The molecule has 5 nitrogen and oxygen atoms in total. The number of fused-ring (bicyclic) bond motifs is 1. The number of carbonyl (C=O) groups excluding carboxylic acids is 1. The van der Waals surface area contributed by atoms with Gasteiger partial charge in [0, 0.05) is 18.2 Å². The monoisotopic (exact) mass is 274 g/mol. The first-order valence-corrected chi connectivity index (χ1v) is 6.72. The zero-order chi connectivity index (χ0) is 14.5. The standard InChI is InChI=1S/C15H18N2O3/c1-10(2)12(9-16)15(18)17-11-4-5-13-14(8-11)20-7-3-6-19-13/h4-5,8,10,12H,3,6-7H2,1-2H3,(H,17,18). The summed E-state index contributed by atoms with van der Waals surface area (Å²) in [6.07, 6.45) is 0.834. The number of nitriles is 1. The normalized spacial score (nSPS) is 15.1. The van der Waals surface area contributed by atoms with Gasteiger partial charge in [0.25, 0.3) is 0 Å². The van der Waals surface area contributed by atoms with Gasteiger partial charge in [0.2, 0.25) is 5.91 Å². The Balaban J connectivity index is 2.12. The van der Waals surface area contributed by atoms with Crippen molar-refractivity contribution in [1.82, 2.24) is 0 Å². The molecular weight excluding hydrogens is 256 g/mol. The summed E-state index contributed by atoms with van der Waals surface area (Å²) < 4.78 is 11.1. The van der Waals surface area contributed by atoms with E-state index in [1.165, 1.54) is 0 Å². The highest BCUT2D eigenvalue weighted by atomic mass is 16.5. The minimum absolute atomic E-state index is 0.0274. The average Bonchev–Trinajstić information content (AvgIpc) is 2.63. The molecule has 1 heterocycles. The zero-order valence-corrected chi connectivity index (χ0v) is 11.7. The molecule has 0 spiro atoms. The van der Waals surface area contributed by atoms with Crippen LogP contribution in [0.3, 0.4) is 0 Å². The smallest absolute Gasteiger partial charge is 0.241 e. The molecule has 0 aliphatic carbocycles.